The van der Waals surface area contributed by atoms with Gasteiger partial charge in [-0.2, -0.15) is 13.2 Å². The van der Waals surface area contributed by atoms with Gasteiger partial charge >= 0.3 is 5.51 Å². The number of thioether (sulfide) groups is 1. The highest BCUT2D eigenvalue weighted by atomic mass is 32.2. The highest BCUT2D eigenvalue weighted by molar-refractivity contribution is 8.00. The van der Waals surface area contributed by atoms with Gasteiger partial charge in [0.15, 0.2) is 0 Å². The summed E-state index contributed by atoms with van der Waals surface area (Å²) in [5.41, 5.74) is -3.32. The molecule has 0 heterocycles. The first kappa shape index (κ1) is 14.2. The van der Waals surface area contributed by atoms with Gasteiger partial charge in [-0.1, -0.05) is 12.1 Å². The lowest BCUT2D eigenvalue weighted by atomic mass is 10.1. The summed E-state index contributed by atoms with van der Waals surface area (Å²) in [6, 6.07) is 6.57. The van der Waals surface area contributed by atoms with E-state index in [4.69, 9.17) is 0 Å². The van der Waals surface area contributed by atoms with Crippen LogP contribution in [0.5, 0.6) is 5.75 Å². The van der Waals surface area contributed by atoms with Crippen molar-refractivity contribution in [2.24, 2.45) is 0 Å². The van der Waals surface area contributed by atoms with Gasteiger partial charge in [0, 0.05) is 18.3 Å². The lowest BCUT2D eigenvalue weighted by Crippen LogP contribution is -2.22. The number of benzene rings is 1. The van der Waals surface area contributed by atoms with Crippen LogP contribution in [0.3, 0.4) is 0 Å². The summed E-state index contributed by atoms with van der Waals surface area (Å²) in [7, 11) is 0. The van der Waals surface area contributed by atoms with Crippen LogP contribution in [0.2, 0.25) is 0 Å². The zero-order valence-corrected chi connectivity index (χ0v) is 10.1. The lowest BCUT2D eigenvalue weighted by Gasteiger charge is -2.14. The van der Waals surface area contributed by atoms with Gasteiger partial charge in [0.25, 0.3) is 0 Å². The van der Waals surface area contributed by atoms with Gasteiger partial charge < -0.3 is 10.4 Å². The van der Waals surface area contributed by atoms with Gasteiger partial charge in [0.05, 0.1) is 0 Å². The van der Waals surface area contributed by atoms with Crippen molar-refractivity contribution in [2.45, 2.75) is 18.5 Å². The fourth-order valence-electron chi connectivity index (χ4n) is 1.35. The van der Waals surface area contributed by atoms with Crippen LogP contribution >= 0.6 is 11.8 Å². The molecule has 17 heavy (non-hydrogen) atoms. The second-order valence-electron chi connectivity index (χ2n) is 3.57. The number of halogens is 3. The molecule has 2 nitrogen and oxygen atoms in total. The molecule has 0 amide bonds. The zero-order valence-electron chi connectivity index (χ0n) is 9.29. The van der Waals surface area contributed by atoms with Crippen molar-refractivity contribution in [2.75, 3.05) is 12.3 Å². The average molecular weight is 265 g/mol. The molecular formula is C11H14F3NOS. The van der Waals surface area contributed by atoms with E-state index in [1.54, 1.807) is 18.2 Å². The van der Waals surface area contributed by atoms with Gasteiger partial charge in [0.1, 0.15) is 5.75 Å². The molecule has 2 N–H and O–H groups in total. The smallest absolute Gasteiger partial charge is 0.441 e. The summed E-state index contributed by atoms with van der Waals surface area (Å²) in [5.74, 6) is 0.132. The molecule has 0 aromatic heterocycles. The Hall–Kier alpha value is -0.880. The molecule has 0 aliphatic rings. The minimum atomic E-state index is -4.17. The van der Waals surface area contributed by atoms with Gasteiger partial charge in [0.2, 0.25) is 0 Å². The number of hydrogen-bond donors (Lipinski definition) is 2. The van der Waals surface area contributed by atoms with Crippen LogP contribution in [0.25, 0.3) is 0 Å². The lowest BCUT2D eigenvalue weighted by molar-refractivity contribution is -0.0327. The third-order valence-corrected chi connectivity index (χ3v) is 2.92. The van der Waals surface area contributed by atoms with Crippen molar-refractivity contribution in [1.29, 1.82) is 0 Å². The molecule has 96 valence electrons. The summed E-state index contributed by atoms with van der Waals surface area (Å²) < 4.78 is 35.6. The minimum absolute atomic E-state index is 0.0212. The Bertz CT molecular complexity index is 357. The highest BCUT2D eigenvalue weighted by Gasteiger charge is 2.27. The third kappa shape index (κ3) is 5.83. The normalized spacial score (nSPS) is 13.6. The van der Waals surface area contributed by atoms with Crippen molar-refractivity contribution in [3.05, 3.63) is 29.8 Å². The van der Waals surface area contributed by atoms with Crippen LogP contribution < -0.4 is 5.32 Å². The SMILES string of the molecule is CC(NCCSC(F)(F)F)c1cccc(O)c1. The van der Waals surface area contributed by atoms with Crippen molar-refractivity contribution in [1.82, 2.24) is 5.32 Å². The number of rotatable bonds is 5. The minimum Gasteiger partial charge on any atom is -0.508 e. The Balaban J connectivity index is 2.33. The molecule has 0 aliphatic heterocycles. The van der Waals surface area contributed by atoms with E-state index in [2.05, 4.69) is 5.32 Å². The maximum Gasteiger partial charge on any atom is 0.441 e. The summed E-state index contributed by atoms with van der Waals surface area (Å²) in [5, 5.41) is 12.2. The highest BCUT2D eigenvalue weighted by Crippen LogP contribution is 2.29. The first-order chi connectivity index (χ1) is 7.88. The predicted molar refractivity (Wildman–Crippen MR) is 63.0 cm³/mol. The molecule has 1 aromatic carbocycles. The maximum atomic E-state index is 11.9. The van der Waals surface area contributed by atoms with E-state index in [9.17, 15) is 18.3 Å². The number of phenols is 1. The zero-order chi connectivity index (χ0) is 12.9. The summed E-state index contributed by atoms with van der Waals surface area (Å²) in [6.45, 7) is 2.11. The van der Waals surface area contributed by atoms with Gasteiger partial charge in [-0.05, 0) is 36.4 Å². The van der Waals surface area contributed by atoms with Crippen LogP contribution in [0, 0.1) is 0 Å². The summed E-state index contributed by atoms with van der Waals surface area (Å²) in [4.78, 5) is 0. The molecule has 0 spiro atoms. The van der Waals surface area contributed by atoms with Crippen molar-refractivity contribution in [3.63, 3.8) is 0 Å². The van der Waals surface area contributed by atoms with E-state index in [1.807, 2.05) is 13.0 Å². The molecule has 0 aliphatic carbocycles. The molecule has 6 heteroatoms. The fourth-order valence-corrected chi connectivity index (χ4v) is 1.81. The number of phenolic OH excluding ortho intramolecular Hbond substituents is 1. The third-order valence-electron chi connectivity index (χ3n) is 2.19. The molecule has 1 aromatic rings. The molecule has 1 atom stereocenters. The van der Waals surface area contributed by atoms with Crippen LogP contribution in [-0.2, 0) is 0 Å². The molecule has 1 unspecified atom stereocenters. The molecule has 0 radical (unpaired) electrons. The quantitative estimate of drug-likeness (QED) is 0.801. The number of aromatic hydroxyl groups is 1. The van der Waals surface area contributed by atoms with Crippen LogP contribution in [-0.4, -0.2) is 22.9 Å². The van der Waals surface area contributed by atoms with Gasteiger partial charge in [-0.3, -0.25) is 0 Å². The first-order valence-corrected chi connectivity index (χ1v) is 6.10. The first-order valence-electron chi connectivity index (χ1n) is 5.11. The van der Waals surface area contributed by atoms with E-state index in [0.717, 1.165) is 5.56 Å². The molecule has 0 saturated heterocycles. The van der Waals surface area contributed by atoms with E-state index >= 15 is 0 Å². The van der Waals surface area contributed by atoms with Gasteiger partial charge in [-0.25, -0.2) is 0 Å². The average Bonchev–Trinajstić information content (AvgIpc) is 2.23. The Morgan fingerprint density at radius 2 is 2.12 bits per heavy atom. The largest absolute Gasteiger partial charge is 0.508 e. The summed E-state index contributed by atoms with van der Waals surface area (Å²) in [6.07, 6.45) is 0. The van der Waals surface area contributed by atoms with E-state index in [1.165, 1.54) is 0 Å². The van der Waals surface area contributed by atoms with Crippen LogP contribution in [0.1, 0.15) is 18.5 Å². The Labute approximate surface area is 102 Å². The fraction of sp³-hybridized carbons (Fsp3) is 0.455. The van der Waals surface area contributed by atoms with Crippen LogP contribution in [0.15, 0.2) is 24.3 Å². The summed E-state index contributed by atoms with van der Waals surface area (Å²) >= 11 is -0.0380. The Kier molecular flexibility index (Phi) is 5.14. The van der Waals surface area contributed by atoms with E-state index in [-0.39, 0.29) is 35.9 Å². The predicted octanol–water partition coefficient (Wildman–Crippen LogP) is 3.30. The molecule has 0 fully saturated rings. The van der Waals surface area contributed by atoms with Gasteiger partial charge in [-0.15, -0.1) is 0 Å². The number of nitrogens with one attached hydrogen (secondary N) is 1. The molecule has 0 bridgehead atoms. The van der Waals surface area contributed by atoms with E-state index in [0.29, 0.717) is 0 Å². The van der Waals surface area contributed by atoms with E-state index < -0.39 is 5.51 Å². The second kappa shape index (κ2) is 6.16. The number of hydrogen-bond acceptors (Lipinski definition) is 3. The topological polar surface area (TPSA) is 32.3 Å². The monoisotopic (exact) mass is 265 g/mol. The Morgan fingerprint density at radius 3 is 2.71 bits per heavy atom. The maximum absolute atomic E-state index is 11.9. The molecular weight excluding hydrogens is 251 g/mol. The molecule has 1 rings (SSSR count). The van der Waals surface area contributed by atoms with Crippen molar-refractivity contribution < 1.29 is 18.3 Å². The Morgan fingerprint density at radius 1 is 1.41 bits per heavy atom. The standard InChI is InChI=1S/C11H14F3NOS/c1-8(9-3-2-4-10(16)7-9)15-5-6-17-11(12,13)14/h2-4,7-8,15-16H,5-6H2,1H3. The number of alkyl halides is 3. The second-order valence-corrected chi connectivity index (χ2v) is 4.72. The van der Waals surface area contributed by atoms with Crippen LogP contribution in [0.4, 0.5) is 13.2 Å². The molecule has 0 saturated carbocycles. The van der Waals surface area contributed by atoms with Crippen molar-refractivity contribution in [3.8, 4) is 5.75 Å². The van der Waals surface area contributed by atoms with Crippen molar-refractivity contribution >= 4 is 11.8 Å².